The molecule has 1 aromatic heterocycles. The number of benzene rings is 2. The van der Waals surface area contributed by atoms with Crippen LogP contribution in [0.2, 0.25) is 0 Å². The maximum atomic E-state index is 13.6. The van der Waals surface area contributed by atoms with Crippen LogP contribution >= 0.6 is 0 Å². The van der Waals surface area contributed by atoms with Gasteiger partial charge in [0.05, 0.1) is 5.39 Å². The summed E-state index contributed by atoms with van der Waals surface area (Å²) in [6.07, 6.45) is 0.968. The summed E-state index contributed by atoms with van der Waals surface area (Å²) in [6.45, 7) is 0. The Kier molecular flexibility index (Phi) is 3.41. The highest BCUT2D eigenvalue weighted by Gasteiger charge is 2.23. The van der Waals surface area contributed by atoms with Gasteiger partial charge in [0, 0.05) is 6.42 Å². The number of furan rings is 1. The van der Waals surface area contributed by atoms with Gasteiger partial charge in [0.1, 0.15) is 5.76 Å². The number of halogens is 4. The molecule has 0 aliphatic carbocycles. The normalized spacial score (nSPS) is 11.2. The lowest BCUT2D eigenvalue weighted by atomic mass is 10.1. The van der Waals surface area contributed by atoms with Crippen molar-refractivity contribution in [1.29, 1.82) is 0 Å². The first-order valence-corrected chi connectivity index (χ1v) is 6.36. The Morgan fingerprint density at radius 3 is 2.14 bits per heavy atom. The lowest BCUT2D eigenvalue weighted by Crippen LogP contribution is -1.95. The number of hydrogen-bond donors (Lipinski definition) is 0. The van der Waals surface area contributed by atoms with Gasteiger partial charge in [-0.15, -0.1) is 0 Å². The van der Waals surface area contributed by atoms with Gasteiger partial charge in [0.15, 0.2) is 17.2 Å². The third-order valence-corrected chi connectivity index (χ3v) is 3.30. The fraction of sp³-hybridized carbons (Fsp3) is 0.125. The van der Waals surface area contributed by atoms with Gasteiger partial charge in [-0.25, -0.2) is 13.2 Å². The smallest absolute Gasteiger partial charge is 0.205 e. The second kappa shape index (κ2) is 5.24. The first-order chi connectivity index (χ1) is 10.1. The average Bonchev–Trinajstić information content (AvgIpc) is 2.94. The Morgan fingerprint density at radius 1 is 0.762 bits per heavy atom. The van der Waals surface area contributed by atoms with Gasteiger partial charge in [-0.2, -0.15) is 4.39 Å². The highest BCUT2D eigenvalue weighted by molar-refractivity contribution is 5.79. The molecule has 0 unspecified atom stereocenters. The molecular weight excluding hydrogens is 284 g/mol. The predicted octanol–water partition coefficient (Wildman–Crippen LogP) is 4.77. The van der Waals surface area contributed by atoms with Gasteiger partial charge in [-0.1, -0.05) is 30.3 Å². The number of rotatable bonds is 3. The van der Waals surface area contributed by atoms with Crippen LogP contribution in [-0.2, 0) is 12.8 Å². The van der Waals surface area contributed by atoms with Crippen molar-refractivity contribution < 1.29 is 22.0 Å². The van der Waals surface area contributed by atoms with E-state index in [1.165, 1.54) is 6.07 Å². The first kappa shape index (κ1) is 13.7. The molecule has 108 valence electrons. The lowest BCUT2D eigenvalue weighted by Gasteiger charge is -1.98. The van der Waals surface area contributed by atoms with Crippen molar-refractivity contribution in [2.75, 3.05) is 0 Å². The molecule has 0 radical (unpaired) electrons. The van der Waals surface area contributed by atoms with Crippen molar-refractivity contribution in [3.8, 4) is 0 Å². The van der Waals surface area contributed by atoms with Crippen LogP contribution in [0.1, 0.15) is 11.3 Å². The van der Waals surface area contributed by atoms with Gasteiger partial charge in [-0.3, -0.25) is 0 Å². The Balaban J connectivity index is 1.95. The van der Waals surface area contributed by atoms with Gasteiger partial charge in [-0.05, 0) is 18.1 Å². The molecule has 0 aliphatic rings. The van der Waals surface area contributed by atoms with E-state index in [0.717, 1.165) is 5.56 Å². The minimum Gasteiger partial charge on any atom is -0.458 e. The SMILES string of the molecule is Fc1c(F)c(F)c2oc(CCc3ccccc3)cc2c1F. The maximum Gasteiger partial charge on any atom is 0.205 e. The molecule has 0 bridgehead atoms. The van der Waals surface area contributed by atoms with Gasteiger partial charge in [0.2, 0.25) is 11.6 Å². The summed E-state index contributed by atoms with van der Waals surface area (Å²) in [5.41, 5.74) is 0.436. The molecular formula is C16H10F4O. The summed E-state index contributed by atoms with van der Waals surface area (Å²) in [6, 6.07) is 10.6. The third kappa shape index (κ3) is 2.39. The van der Waals surface area contributed by atoms with Crippen LogP contribution in [0.25, 0.3) is 11.0 Å². The van der Waals surface area contributed by atoms with E-state index in [9.17, 15) is 17.6 Å². The molecule has 5 heteroatoms. The summed E-state index contributed by atoms with van der Waals surface area (Å²) in [5, 5.41) is -0.380. The van der Waals surface area contributed by atoms with Crippen LogP contribution in [0, 0.1) is 23.3 Å². The molecule has 3 rings (SSSR count). The highest BCUT2D eigenvalue weighted by Crippen LogP contribution is 2.29. The van der Waals surface area contributed by atoms with E-state index in [-0.39, 0.29) is 11.1 Å². The first-order valence-electron chi connectivity index (χ1n) is 6.36. The number of aryl methyl sites for hydroxylation is 2. The third-order valence-electron chi connectivity index (χ3n) is 3.30. The molecule has 1 heterocycles. The topological polar surface area (TPSA) is 13.1 Å². The molecule has 21 heavy (non-hydrogen) atoms. The molecule has 0 N–H and O–H groups in total. The van der Waals surface area contributed by atoms with Gasteiger partial charge < -0.3 is 4.42 Å². The molecule has 3 aromatic rings. The summed E-state index contributed by atoms with van der Waals surface area (Å²) in [7, 11) is 0. The van der Waals surface area contributed by atoms with E-state index in [1.54, 1.807) is 0 Å². The van der Waals surface area contributed by atoms with Crippen LogP contribution in [0.5, 0.6) is 0 Å². The molecule has 0 saturated carbocycles. The summed E-state index contributed by atoms with van der Waals surface area (Å²) >= 11 is 0. The molecule has 0 spiro atoms. The molecule has 0 fully saturated rings. The zero-order chi connectivity index (χ0) is 15.0. The zero-order valence-corrected chi connectivity index (χ0v) is 10.8. The highest BCUT2D eigenvalue weighted by atomic mass is 19.2. The monoisotopic (exact) mass is 294 g/mol. The Bertz CT molecular complexity index is 748. The molecule has 2 aromatic carbocycles. The zero-order valence-electron chi connectivity index (χ0n) is 10.8. The van der Waals surface area contributed by atoms with Crippen LogP contribution in [0.3, 0.4) is 0 Å². The van der Waals surface area contributed by atoms with E-state index in [2.05, 4.69) is 0 Å². The van der Waals surface area contributed by atoms with Crippen molar-refractivity contribution >= 4 is 11.0 Å². The Hall–Kier alpha value is -2.30. The van der Waals surface area contributed by atoms with E-state index >= 15 is 0 Å². The maximum absolute atomic E-state index is 13.6. The van der Waals surface area contributed by atoms with Crippen LogP contribution in [0.4, 0.5) is 17.6 Å². The summed E-state index contributed by atoms with van der Waals surface area (Å²) in [4.78, 5) is 0. The standard InChI is InChI=1S/C16H10F4O/c17-12-11-8-10(7-6-9-4-2-1-3-5-9)21-16(11)15(20)14(19)13(12)18/h1-5,8H,6-7H2. The molecule has 1 nitrogen and oxygen atoms in total. The van der Waals surface area contributed by atoms with Crippen molar-refractivity contribution in [3.63, 3.8) is 0 Å². The molecule has 0 atom stereocenters. The van der Waals surface area contributed by atoms with E-state index in [4.69, 9.17) is 4.42 Å². The second-order valence-corrected chi connectivity index (χ2v) is 4.70. The summed E-state index contributed by atoms with van der Waals surface area (Å²) < 4.78 is 58.5. The van der Waals surface area contributed by atoms with Crippen molar-refractivity contribution in [2.24, 2.45) is 0 Å². The van der Waals surface area contributed by atoms with Crippen molar-refractivity contribution in [1.82, 2.24) is 0 Å². The van der Waals surface area contributed by atoms with Gasteiger partial charge >= 0.3 is 0 Å². The van der Waals surface area contributed by atoms with Crippen LogP contribution in [-0.4, -0.2) is 0 Å². The number of fused-ring (bicyclic) bond motifs is 1. The van der Waals surface area contributed by atoms with Crippen LogP contribution in [0.15, 0.2) is 40.8 Å². The van der Waals surface area contributed by atoms with E-state index in [0.29, 0.717) is 12.8 Å². The fourth-order valence-electron chi connectivity index (χ4n) is 2.21. The van der Waals surface area contributed by atoms with E-state index in [1.807, 2.05) is 30.3 Å². The second-order valence-electron chi connectivity index (χ2n) is 4.70. The predicted molar refractivity (Wildman–Crippen MR) is 69.9 cm³/mol. The van der Waals surface area contributed by atoms with Gasteiger partial charge in [0.25, 0.3) is 0 Å². The molecule has 0 amide bonds. The largest absolute Gasteiger partial charge is 0.458 e. The fourth-order valence-corrected chi connectivity index (χ4v) is 2.21. The van der Waals surface area contributed by atoms with Crippen molar-refractivity contribution in [3.05, 3.63) is 71.0 Å². The molecule has 0 saturated heterocycles. The quantitative estimate of drug-likeness (QED) is 0.385. The average molecular weight is 294 g/mol. The summed E-state index contributed by atoms with van der Waals surface area (Å²) in [5.74, 6) is -6.34. The van der Waals surface area contributed by atoms with Crippen molar-refractivity contribution in [2.45, 2.75) is 12.8 Å². The van der Waals surface area contributed by atoms with Crippen LogP contribution < -0.4 is 0 Å². The molecule has 0 aliphatic heterocycles. The minimum absolute atomic E-state index is 0.275. The number of hydrogen-bond acceptors (Lipinski definition) is 1. The Labute approximate surface area is 117 Å². The van der Waals surface area contributed by atoms with E-state index < -0.39 is 28.9 Å². The Morgan fingerprint density at radius 2 is 1.43 bits per heavy atom. The lowest BCUT2D eigenvalue weighted by molar-refractivity contribution is 0.408. The minimum atomic E-state index is -1.86.